The van der Waals surface area contributed by atoms with Crippen LogP contribution in [-0.2, 0) is 0 Å². The van der Waals surface area contributed by atoms with Crippen LogP contribution >= 0.6 is 0 Å². The van der Waals surface area contributed by atoms with E-state index < -0.39 is 8.07 Å². The summed E-state index contributed by atoms with van der Waals surface area (Å²) in [7, 11) is -0.715. The second-order valence-corrected chi connectivity index (χ2v) is 11.8. The molecule has 0 N–H and O–H groups in total. The second kappa shape index (κ2) is 9.97. The van der Waals surface area contributed by atoms with Crippen molar-refractivity contribution >= 4 is 30.6 Å². The maximum atomic E-state index is 2.48. The fraction of sp³-hybridized carbons (Fsp3) is 1.00. The summed E-state index contributed by atoms with van der Waals surface area (Å²) in [5.41, 5.74) is 0.974. The first-order valence-corrected chi connectivity index (χ1v) is 8.45. The molecule has 0 atom stereocenters. The molecule has 0 aliphatic rings. The van der Waals surface area contributed by atoms with Crippen molar-refractivity contribution in [2.45, 2.75) is 36.5 Å². The number of hydrogen-bond donors (Lipinski definition) is 0. The molecule has 0 saturated carbocycles. The van der Waals surface area contributed by atoms with Crippen LogP contribution in [0.5, 0.6) is 0 Å². The molecule has 0 radical (unpaired) electrons. The summed E-state index contributed by atoms with van der Waals surface area (Å²) >= 11 is 1.73. The van der Waals surface area contributed by atoms with Gasteiger partial charge in [0.05, 0.1) is 0 Å². The Balaban J connectivity index is -0.0000000817. The molecule has 0 fully saturated rings. The average molecular weight is 340 g/mol. The molecule has 11 heavy (non-hydrogen) atoms. The maximum Gasteiger partial charge on any atom is -1.00 e. The van der Waals surface area contributed by atoms with Gasteiger partial charge in [-0.1, -0.05) is 0 Å². The topological polar surface area (TPSA) is 0 Å². The summed E-state index contributed by atoms with van der Waals surface area (Å²) in [4.78, 5) is 0. The van der Waals surface area contributed by atoms with Crippen molar-refractivity contribution in [2.24, 2.45) is 0 Å². The van der Waals surface area contributed by atoms with E-state index in [1.807, 2.05) is 0 Å². The van der Waals surface area contributed by atoms with Crippen molar-refractivity contribution in [3.05, 3.63) is 0 Å². The van der Waals surface area contributed by atoms with Gasteiger partial charge in [-0.2, -0.15) is 0 Å². The average Bonchev–Trinajstić information content (AvgIpc) is 1.67. The fourth-order valence-corrected chi connectivity index (χ4v) is 4.11. The molecule has 0 bridgehead atoms. The van der Waals surface area contributed by atoms with E-state index in [0.29, 0.717) is 0 Å². The molecule has 0 saturated heterocycles. The monoisotopic (exact) mass is 340 g/mol. The Morgan fingerprint density at radius 3 is 1.36 bits per heavy atom. The van der Waals surface area contributed by atoms with Crippen molar-refractivity contribution in [1.82, 2.24) is 0 Å². The summed E-state index contributed by atoms with van der Waals surface area (Å²) in [5.74, 6) is 0. The maximum absolute atomic E-state index is 2.48. The van der Waals surface area contributed by atoms with E-state index >= 15 is 0 Å². The molecule has 0 unspecified atom stereocenters. The Morgan fingerprint density at radius 1 is 1.09 bits per heavy atom. The fourth-order valence-electron chi connectivity index (χ4n) is 0.204. The van der Waals surface area contributed by atoms with Gasteiger partial charge in [0.15, 0.2) is 0 Å². The molecule has 68 valence electrons. The first-order chi connectivity index (χ1) is 3.50. The van der Waals surface area contributed by atoms with Crippen molar-refractivity contribution < 1.29 is 37.2 Å². The molecule has 0 aromatic rings. The summed E-state index contributed by atoms with van der Waals surface area (Å²) < 4.78 is 1.51. The predicted molar refractivity (Wildman–Crippen MR) is 43.1 cm³/mol. The first kappa shape index (κ1) is 23.1. The van der Waals surface area contributed by atoms with E-state index in [0.717, 1.165) is 5.54 Å². The molecule has 0 rings (SSSR count). The second-order valence-electron chi connectivity index (χ2n) is 3.32. The van der Waals surface area contributed by atoms with E-state index in [4.69, 9.17) is 0 Å². The smallest absolute Gasteiger partial charge is 1.00 e. The van der Waals surface area contributed by atoms with Crippen molar-refractivity contribution in [3.63, 3.8) is 0 Å². The van der Waals surface area contributed by atoms with Crippen LogP contribution in [0.4, 0.5) is 0 Å². The Bertz CT molecular complexity index is 78.2. The third-order valence-electron chi connectivity index (χ3n) is 2.02. The van der Waals surface area contributed by atoms with E-state index in [1.165, 1.54) is 4.06 Å². The van der Waals surface area contributed by atoms with Gasteiger partial charge in [-0.05, 0) is 0 Å². The van der Waals surface area contributed by atoms with E-state index in [1.54, 1.807) is 22.5 Å². The third kappa shape index (κ3) is 9.80. The molecule has 0 aliphatic heterocycles. The summed E-state index contributed by atoms with van der Waals surface area (Å²) in [6.45, 7) is 9.67. The SMILES string of the molecule is CC(C)[Si](C)(C)[CH2][Sn+3].[Cl-].[Cl-].[Cl-]. The van der Waals surface area contributed by atoms with Crippen LogP contribution in [0.25, 0.3) is 0 Å². The molecule has 0 aliphatic carbocycles. The minimum absolute atomic E-state index is 0. The Kier molecular flexibility index (Phi) is 20.9. The van der Waals surface area contributed by atoms with Gasteiger partial charge >= 0.3 is 67.1 Å². The van der Waals surface area contributed by atoms with Crippen molar-refractivity contribution in [1.29, 1.82) is 0 Å². The normalized spacial score (nSPS) is 9.36. The van der Waals surface area contributed by atoms with Gasteiger partial charge in [0.2, 0.25) is 0 Å². The van der Waals surface area contributed by atoms with Crippen LogP contribution < -0.4 is 37.2 Å². The zero-order chi connectivity index (χ0) is 6.78. The summed E-state index contributed by atoms with van der Waals surface area (Å²) in [5, 5.41) is 0. The van der Waals surface area contributed by atoms with Crippen LogP contribution in [0.3, 0.4) is 0 Å². The van der Waals surface area contributed by atoms with Crippen LogP contribution in [-0.4, -0.2) is 30.6 Å². The summed E-state index contributed by atoms with van der Waals surface area (Å²) in [6.07, 6.45) is 0. The van der Waals surface area contributed by atoms with E-state index in [9.17, 15) is 0 Å². The molecule has 0 amide bonds. The molecule has 0 spiro atoms. The van der Waals surface area contributed by atoms with Crippen LogP contribution in [0.1, 0.15) is 13.8 Å². The molecule has 5 heteroatoms. The number of rotatable bonds is 2. The van der Waals surface area contributed by atoms with Gasteiger partial charge in [0, 0.05) is 0 Å². The van der Waals surface area contributed by atoms with E-state index in [-0.39, 0.29) is 37.2 Å². The predicted octanol–water partition coefficient (Wildman–Crippen LogP) is -6.76. The van der Waals surface area contributed by atoms with Crippen LogP contribution in [0.2, 0.25) is 22.7 Å². The number of halogens is 3. The molecular weight excluding hydrogens is 325 g/mol. The van der Waals surface area contributed by atoms with Gasteiger partial charge in [-0.3, -0.25) is 0 Å². The quantitative estimate of drug-likeness (QED) is 0.439. The standard InChI is InChI=1S/C6H15Si.3ClH.Sn/c1-6(2)7(3,4)5;;;;/h6H,3H2,1-2,4-5H3;3*1H;/q;;;;+3/p-3. The van der Waals surface area contributed by atoms with Gasteiger partial charge in [0.25, 0.3) is 0 Å². The van der Waals surface area contributed by atoms with Crippen molar-refractivity contribution in [2.75, 3.05) is 0 Å². The van der Waals surface area contributed by atoms with Gasteiger partial charge < -0.3 is 37.2 Å². The van der Waals surface area contributed by atoms with Gasteiger partial charge in [0.1, 0.15) is 0 Å². The number of hydrogen-bond acceptors (Lipinski definition) is 0. The zero-order valence-corrected chi connectivity index (χ0v) is 13.5. The summed E-state index contributed by atoms with van der Waals surface area (Å²) in [6, 6.07) is 0. The minimum atomic E-state index is -0.715. The molecule has 0 nitrogen and oxygen atoms in total. The van der Waals surface area contributed by atoms with Gasteiger partial charge in [-0.15, -0.1) is 0 Å². The zero-order valence-electron chi connectivity index (χ0n) is 7.42. The largest absolute Gasteiger partial charge is 1.00 e. The molecule has 0 aromatic heterocycles. The minimum Gasteiger partial charge on any atom is -1.00 e. The Hall–Kier alpha value is 1.89. The first-order valence-electron chi connectivity index (χ1n) is 3.15. The Labute approximate surface area is 104 Å². The van der Waals surface area contributed by atoms with Crippen molar-refractivity contribution in [3.8, 4) is 0 Å². The van der Waals surface area contributed by atoms with E-state index in [2.05, 4.69) is 26.9 Å². The van der Waals surface area contributed by atoms with Crippen LogP contribution in [0.15, 0.2) is 0 Å². The molecular formula is C6H15Cl3SiSn. The Morgan fingerprint density at radius 2 is 1.36 bits per heavy atom. The van der Waals surface area contributed by atoms with Gasteiger partial charge in [-0.25, -0.2) is 0 Å². The molecule has 0 aromatic carbocycles. The van der Waals surface area contributed by atoms with Crippen LogP contribution in [0, 0.1) is 0 Å². The molecule has 0 heterocycles. The third-order valence-corrected chi connectivity index (χ3v) is 13.9.